The highest BCUT2D eigenvalue weighted by Gasteiger charge is 2.30. The van der Waals surface area contributed by atoms with Gasteiger partial charge in [0.15, 0.2) is 0 Å². The lowest BCUT2D eigenvalue weighted by Gasteiger charge is -2.33. The van der Waals surface area contributed by atoms with Gasteiger partial charge in [0.2, 0.25) is 11.8 Å². The summed E-state index contributed by atoms with van der Waals surface area (Å²) in [6.45, 7) is 4.29. The van der Waals surface area contributed by atoms with Gasteiger partial charge in [-0.25, -0.2) is 0 Å². The van der Waals surface area contributed by atoms with Crippen molar-refractivity contribution in [1.82, 2.24) is 10.2 Å². The monoisotopic (exact) mass is 520 g/mol. The van der Waals surface area contributed by atoms with Crippen LogP contribution in [0, 0.1) is 6.92 Å². The lowest BCUT2D eigenvalue weighted by Crippen LogP contribution is -2.52. The molecule has 1 fully saturated rings. The fourth-order valence-corrected chi connectivity index (χ4v) is 5.66. The quantitative estimate of drug-likeness (QED) is 0.375. The second-order valence-electron chi connectivity index (χ2n) is 9.00. The number of halogens is 2. The van der Waals surface area contributed by atoms with Gasteiger partial charge in [-0.2, -0.15) is 0 Å². The smallest absolute Gasteiger partial charge is 0.243 e. The fourth-order valence-electron chi connectivity index (χ4n) is 4.32. The zero-order chi connectivity index (χ0) is 24.5. The average Bonchev–Trinajstić information content (AvgIpc) is 2.82. The summed E-state index contributed by atoms with van der Waals surface area (Å²) in [5, 5.41) is 4.25. The zero-order valence-corrected chi connectivity index (χ0v) is 22.3. The number of thioether (sulfide) groups is 1. The van der Waals surface area contributed by atoms with Crippen molar-refractivity contribution >= 4 is 46.8 Å². The molecular weight excluding hydrogens is 487 g/mol. The van der Waals surface area contributed by atoms with E-state index in [0.717, 1.165) is 37.0 Å². The van der Waals surface area contributed by atoms with Crippen LogP contribution in [0.5, 0.6) is 0 Å². The Balaban J connectivity index is 1.72. The van der Waals surface area contributed by atoms with Crippen LogP contribution >= 0.6 is 35.0 Å². The Morgan fingerprint density at radius 1 is 1.09 bits per heavy atom. The molecule has 0 unspecified atom stereocenters. The molecule has 0 heterocycles. The number of benzene rings is 2. The van der Waals surface area contributed by atoms with Crippen molar-refractivity contribution in [3.63, 3.8) is 0 Å². The largest absolute Gasteiger partial charge is 0.352 e. The van der Waals surface area contributed by atoms with Crippen LogP contribution in [0.2, 0.25) is 10.0 Å². The van der Waals surface area contributed by atoms with E-state index in [2.05, 4.69) is 36.5 Å². The van der Waals surface area contributed by atoms with Gasteiger partial charge in [-0.15, -0.1) is 11.8 Å². The predicted octanol–water partition coefficient (Wildman–Crippen LogP) is 6.79. The van der Waals surface area contributed by atoms with Crippen LogP contribution < -0.4 is 5.32 Å². The van der Waals surface area contributed by atoms with Crippen molar-refractivity contribution < 1.29 is 9.59 Å². The normalized spacial score (nSPS) is 15.1. The minimum Gasteiger partial charge on any atom is -0.352 e. The van der Waals surface area contributed by atoms with E-state index in [-0.39, 0.29) is 24.4 Å². The van der Waals surface area contributed by atoms with Crippen LogP contribution in [0.15, 0.2) is 42.5 Å². The summed E-state index contributed by atoms with van der Waals surface area (Å²) in [5.74, 6) is 0.906. The Morgan fingerprint density at radius 3 is 2.44 bits per heavy atom. The second-order valence-corrected chi connectivity index (χ2v) is 10.8. The van der Waals surface area contributed by atoms with Gasteiger partial charge < -0.3 is 10.2 Å². The molecule has 4 nitrogen and oxygen atoms in total. The molecular formula is C27H34Cl2N2O2S. The number of carbonyl (C=O) groups excluding carboxylic acids is 2. The maximum absolute atomic E-state index is 13.4. The summed E-state index contributed by atoms with van der Waals surface area (Å²) in [7, 11) is 0. The van der Waals surface area contributed by atoms with Gasteiger partial charge in [0.05, 0.1) is 5.75 Å². The van der Waals surface area contributed by atoms with Crippen LogP contribution in [-0.4, -0.2) is 34.6 Å². The molecule has 1 aliphatic carbocycles. The highest BCUT2D eigenvalue weighted by molar-refractivity contribution is 7.99. The first-order valence-corrected chi connectivity index (χ1v) is 14.0. The molecule has 0 saturated heterocycles. The van der Waals surface area contributed by atoms with E-state index >= 15 is 0 Å². The molecule has 1 atom stereocenters. The fraction of sp³-hybridized carbons (Fsp3) is 0.481. The van der Waals surface area contributed by atoms with Crippen LogP contribution in [-0.2, 0) is 21.9 Å². The summed E-state index contributed by atoms with van der Waals surface area (Å²) in [6.07, 6.45) is 6.05. The molecule has 1 saturated carbocycles. The van der Waals surface area contributed by atoms with Crippen molar-refractivity contribution in [3.8, 4) is 0 Å². The van der Waals surface area contributed by atoms with Crippen LogP contribution in [0.3, 0.4) is 0 Å². The van der Waals surface area contributed by atoms with E-state index in [1.54, 1.807) is 28.8 Å². The van der Waals surface area contributed by atoms with Crippen molar-refractivity contribution in [3.05, 3.63) is 69.2 Å². The Hall–Kier alpha value is -1.69. The molecule has 1 aliphatic rings. The Kier molecular flexibility index (Phi) is 10.6. The van der Waals surface area contributed by atoms with Gasteiger partial charge in [-0.1, -0.05) is 85.3 Å². The highest BCUT2D eigenvalue weighted by Crippen LogP contribution is 2.25. The van der Waals surface area contributed by atoms with Crippen molar-refractivity contribution in [2.45, 2.75) is 76.8 Å². The Bertz CT molecular complexity index is 962. The highest BCUT2D eigenvalue weighted by atomic mass is 35.5. The van der Waals surface area contributed by atoms with E-state index in [1.807, 2.05) is 13.0 Å². The number of nitrogens with zero attached hydrogens (tertiary/aromatic N) is 1. The maximum atomic E-state index is 13.4. The van der Waals surface area contributed by atoms with Gasteiger partial charge in [0, 0.05) is 28.4 Å². The van der Waals surface area contributed by atoms with Crippen LogP contribution in [0.1, 0.15) is 62.1 Å². The number of hydrogen-bond donors (Lipinski definition) is 1. The minimum absolute atomic E-state index is 0.0613. The SMILES string of the molecule is CC[C@H](C(=O)NC1CCCCC1)N(Cc1ccc(Cl)cc1Cl)C(=O)CSCc1ccc(C)cc1. The molecule has 2 amide bonds. The number of hydrogen-bond acceptors (Lipinski definition) is 3. The molecule has 1 N–H and O–H groups in total. The number of carbonyl (C=O) groups is 2. The third kappa shape index (κ3) is 7.93. The van der Waals surface area contributed by atoms with Gasteiger partial charge in [0.1, 0.15) is 6.04 Å². The number of amides is 2. The van der Waals surface area contributed by atoms with E-state index in [1.165, 1.54) is 17.5 Å². The second kappa shape index (κ2) is 13.4. The number of nitrogens with one attached hydrogen (secondary N) is 1. The van der Waals surface area contributed by atoms with Crippen molar-refractivity contribution in [2.75, 3.05) is 5.75 Å². The third-order valence-electron chi connectivity index (χ3n) is 6.31. The standard InChI is InChI=1S/C27H34Cl2N2O2S/c1-3-25(27(33)30-23-7-5-4-6-8-23)31(16-21-13-14-22(28)15-24(21)29)26(32)18-34-17-20-11-9-19(2)10-12-20/h9-15,23,25H,3-8,16-18H2,1-2H3,(H,30,33)/t25-/m1/s1. The van der Waals surface area contributed by atoms with Crippen molar-refractivity contribution in [1.29, 1.82) is 0 Å². The van der Waals surface area contributed by atoms with Gasteiger partial charge in [-0.3, -0.25) is 9.59 Å². The summed E-state index contributed by atoms with van der Waals surface area (Å²) >= 11 is 14.1. The topological polar surface area (TPSA) is 49.4 Å². The summed E-state index contributed by atoms with van der Waals surface area (Å²) in [5.41, 5.74) is 3.18. The molecule has 2 aromatic rings. The lowest BCUT2D eigenvalue weighted by atomic mass is 9.95. The molecule has 0 spiro atoms. The van der Waals surface area contributed by atoms with Gasteiger partial charge in [0.25, 0.3) is 0 Å². The molecule has 0 aliphatic heterocycles. The molecule has 7 heteroatoms. The average molecular weight is 522 g/mol. The molecule has 0 aromatic heterocycles. The van der Waals surface area contributed by atoms with E-state index < -0.39 is 6.04 Å². The maximum Gasteiger partial charge on any atom is 0.243 e. The number of aryl methyl sites for hydroxylation is 1. The van der Waals surface area contributed by atoms with Crippen LogP contribution in [0.4, 0.5) is 0 Å². The summed E-state index contributed by atoms with van der Waals surface area (Å²) in [6, 6.07) is 13.3. The summed E-state index contributed by atoms with van der Waals surface area (Å²) in [4.78, 5) is 28.4. The zero-order valence-electron chi connectivity index (χ0n) is 20.0. The first-order chi connectivity index (χ1) is 16.4. The molecule has 184 valence electrons. The number of rotatable bonds is 10. The first kappa shape index (κ1) is 26.9. The van der Waals surface area contributed by atoms with E-state index in [9.17, 15) is 9.59 Å². The predicted molar refractivity (Wildman–Crippen MR) is 143 cm³/mol. The first-order valence-electron chi connectivity index (χ1n) is 12.0. The summed E-state index contributed by atoms with van der Waals surface area (Å²) < 4.78 is 0. The van der Waals surface area contributed by atoms with E-state index in [4.69, 9.17) is 23.2 Å². The van der Waals surface area contributed by atoms with E-state index in [0.29, 0.717) is 22.2 Å². The third-order valence-corrected chi connectivity index (χ3v) is 7.88. The lowest BCUT2D eigenvalue weighted by molar-refractivity contribution is -0.139. The molecule has 2 aromatic carbocycles. The van der Waals surface area contributed by atoms with Gasteiger partial charge in [-0.05, 0) is 49.4 Å². The van der Waals surface area contributed by atoms with Gasteiger partial charge >= 0.3 is 0 Å². The molecule has 3 rings (SSSR count). The minimum atomic E-state index is -0.541. The Morgan fingerprint density at radius 2 is 1.79 bits per heavy atom. The molecule has 34 heavy (non-hydrogen) atoms. The van der Waals surface area contributed by atoms with Crippen molar-refractivity contribution in [2.24, 2.45) is 0 Å². The molecule has 0 bridgehead atoms. The Labute approximate surface area is 217 Å². The molecule has 0 radical (unpaired) electrons. The van der Waals surface area contributed by atoms with Crippen LogP contribution in [0.25, 0.3) is 0 Å².